The van der Waals surface area contributed by atoms with Crippen LogP contribution >= 0.6 is 23.2 Å². The minimum Gasteiger partial charge on any atom is -0.277 e. The molecule has 2 heterocycles. The van der Waals surface area contributed by atoms with E-state index in [2.05, 4.69) is 25.4 Å². The number of nitrogens with two attached hydrogens (primary N) is 1. The number of nitrogens with zero attached hydrogens (tertiary/aromatic N) is 5. The third-order valence-corrected chi connectivity index (χ3v) is 5.10. The Hall–Kier alpha value is -1.81. The zero-order valence-electron chi connectivity index (χ0n) is 14.5. The molecular formula is C15H17Cl2N7OS. The van der Waals surface area contributed by atoms with Gasteiger partial charge in [-0.15, -0.1) is 15.3 Å². The van der Waals surface area contributed by atoms with Gasteiger partial charge >= 0.3 is 0 Å². The normalized spacial score (nSPS) is 13.8. The van der Waals surface area contributed by atoms with Gasteiger partial charge in [-0.1, -0.05) is 44.0 Å². The third-order valence-electron chi connectivity index (χ3n) is 3.61. The Morgan fingerprint density at radius 2 is 1.92 bits per heavy atom. The summed E-state index contributed by atoms with van der Waals surface area (Å²) in [7, 11) is -1.74. The first-order valence-corrected chi connectivity index (χ1v) is 9.57. The van der Waals surface area contributed by atoms with Crippen molar-refractivity contribution in [2.75, 3.05) is 0 Å². The summed E-state index contributed by atoms with van der Waals surface area (Å²) in [6.45, 7) is 7.92. The Morgan fingerprint density at radius 1 is 1.23 bits per heavy atom. The standard InChI is InChI=1S/C15H17Cl2N7OS/c1-7-19-14-12(13(15(2,3)4)23-24(14)22-7)21-20-10-5-9(17)11(26(18)25)6-8(10)16/h5-6,23H,18H2,1-4H3. The number of rotatable bonds is 3. The van der Waals surface area contributed by atoms with Crippen molar-refractivity contribution in [2.24, 2.45) is 15.4 Å². The van der Waals surface area contributed by atoms with E-state index in [0.29, 0.717) is 22.8 Å². The molecule has 1 unspecified atom stereocenters. The summed E-state index contributed by atoms with van der Waals surface area (Å²) in [4.78, 5) is 4.63. The smallest absolute Gasteiger partial charge is 0.203 e. The molecule has 0 amide bonds. The van der Waals surface area contributed by atoms with Crippen molar-refractivity contribution in [3.63, 3.8) is 0 Å². The van der Waals surface area contributed by atoms with Gasteiger partial charge in [0, 0.05) is 5.41 Å². The molecule has 0 saturated heterocycles. The van der Waals surface area contributed by atoms with Crippen molar-refractivity contribution >= 4 is 51.2 Å². The summed E-state index contributed by atoms with van der Waals surface area (Å²) in [5.74, 6) is 0.615. The lowest BCUT2D eigenvalue weighted by Gasteiger charge is -2.16. The fraction of sp³-hybridized carbons (Fsp3) is 0.333. The summed E-state index contributed by atoms with van der Waals surface area (Å²) in [5.41, 5.74) is 2.07. The maximum atomic E-state index is 11.4. The van der Waals surface area contributed by atoms with Crippen LogP contribution in [0, 0.1) is 6.92 Å². The van der Waals surface area contributed by atoms with Crippen LogP contribution in [0.2, 0.25) is 10.0 Å². The van der Waals surface area contributed by atoms with Gasteiger partial charge in [-0.25, -0.2) is 14.3 Å². The average Bonchev–Trinajstić information content (AvgIpc) is 3.03. The number of aryl methyl sites for hydroxylation is 1. The van der Waals surface area contributed by atoms with Crippen molar-refractivity contribution in [1.82, 2.24) is 19.8 Å². The van der Waals surface area contributed by atoms with E-state index in [4.69, 9.17) is 28.3 Å². The number of nitrogens with one attached hydrogen (secondary N) is 1. The van der Waals surface area contributed by atoms with E-state index in [0.717, 1.165) is 5.69 Å². The summed E-state index contributed by atoms with van der Waals surface area (Å²) in [5, 5.41) is 21.8. The fourth-order valence-electron chi connectivity index (χ4n) is 2.39. The van der Waals surface area contributed by atoms with Crippen molar-refractivity contribution in [1.29, 1.82) is 0 Å². The molecule has 0 bridgehead atoms. The molecule has 0 radical (unpaired) electrons. The van der Waals surface area contributed by atoms with E-state index in [1.807, 2.05) is 20.8 Å². The van der Waals surface area contributed by atoms with E-state index in [1.54, 1.807) is 11.6 Å². The molecular weight excluding hydrogens is 397 g/mol. The molecule has 8 nitrogen and oxygen atoms in total. The van der Waals surface area contributed by atoms with Crippen LogP contribution < -0.4 is 5.14 Å². The maximum Gasteiger partial charge on any atom is 0.203 e. The molecule has 0 aliphatic heterocycles. The predicted molar refractivity (Wildman–Crippen MR) is 102 cm³/mol. The van der Waals surface area contributed by atoms with E-state index < -0.39 is 11.0 Å². The van der Waals surface area contributed by atoms with Gasteiger partial charge in [-0.3, -0.25) is 5.10 Å². The van der Waals surface area contributed by atoms with Crippen molar-refractivity contribution < 1.29 is 4.21 Å². The highest BCUT2D eigenvalue weighted by molar-refractivity contribution is 7.82. The van der Waals surface area contributed by atoms with Crippen LogP contribution in [-0.4, -0.2) is 24.0 Å². The molecule has 1 atom stereocenters. The number of halogens is 2. The van der Waals surface area contributed by atoms with Crippen LogP contribution in [0.5, 0.6) is 0 Å². The van der Waals surface area contributed by atoms with Crippen LogP contribution in [0.15, 0.2) is 27.3 Å². The molecule has 0 aliphatic rings. The van der Waals surface area contributed by atoms with Crippen LogP contribution in [0.1, 0.15) is 32.3 Å². The molecule has 3 aromatic rings. The second-order valence-corrected chi connectivity index (χ2v) is 8.56. The number of hydrogen-bond donors (Lipinski definition) is 2. The Bertz CT molecular complexity index is 1050. The Morgan fingerprint density at radius 3 is 2.54 bits per heavy atom. The lowest BCUT2D eigenvalue weighted by molar-refractivity contribution is 0.557. The maximum absolute atomic E-state index is 11.4. The molecule has 26 heavy (non-hydrogen) atoms. The highest BCUT2D eigenvalue weighted by Crippen LogP contribution is 2.37. The van der Waals surface area contributed by atoms with E-state index in [-0.39, 0.29) is 20.4 Å². The number of H-pyrrole nitrogens is 1. The molecule has 0 aliphatic carbocycles. The summed E-state index contributed by atoms with van der Waals surface area (Å²) >= 11 is 12.3. The van der Waals surface area contributed by atoms with Crippen LogP contribution in [0.25, 0.3) is 5.65 Å². The summed E-state index contributed by atoms with van der Waals surface area (Å²) < 4.78 is 13.0. The lowest BCUT2D eigenvalue weighted by Crippen LogP contribution is -2.12. The first-order valence-electron chi connectivity index (χ1n) is 7.60. The van der Waals surface area contributed by atoms with Gasteiger partial charge in [-0.05, 0) is 19.1 Å². The van der Waals surface area contributed by atoms with Gasteiger partial charge in [0.05, 0.1) is 20.6 Å². The van der Waals surface area contributed by atoms with Crippen LogP contribution in [0.3, 0.4) is 0 Å². The molecule has 0 fully saturated rings. The highest BCUT2D eigenvalue weighted by atomic mass is 35.5. The second-order valence-electron chi connectivity index (χ2n) is 6.71. The predicted octanol–water partition coefficient (Wildman–Crippen LogP) is 4.37. The van der Waals surface area contributed by atoms with E-state index >= 15 is 0 Å². The van der Waals surface area contributed by atoms with Crippen LogP contribution in [-0.2, 0) is 16.4 Å². The van der Waals surface area contributed by atoms with Gasteiger partial charge in [0.2, 0.25) is 5.65 Å². The largest absolute Gasteiger partial charge is 0.277 e. The van der Waals surface area contributed by atoms with Gasteiger partial charge < -0.3 is 0 Å². The lowest BCUT2D eigenvalue weighted by atomic mass is 9.91. The average molecular weight is 414 g/mol. The van der Waals surface area contributed by atoms with Crippen molar-refractivity contribution in [3.8, 4) is 0 Å². The number of hydrogen-bond acceptors (Lipinski definition) is 5. The molecule has 0 spiro atoms. The molecule has 2 aromatic heterocycles. The number of aromatic amines is 1. The summed E-state index contributed by atoms with van der Waals surface area (Å²) in [6.07, 6.45) is 0. The SMILES string of the molecule is Cc1nc2c(N=Nc3cc(Cl)c(S(N)=O)cc3Cl)c(C(C)(C)C)[nH]n2n1. The molecule has 1 aromatic carbocycles. The Labute approximate surface area is 162 Å². The van der Waals surface area contributed by atoms with Gasteiger partial charge in [0.1, 0.15) is 22.5 Å². The van der Waals surface area contributed by atoms with Gasteiger partial charge in [0.15, 0.2) is 5.69 Å². The minimum absolute atomic E-state index is 0.206. The highest BCUT2D eigenvalue weighted by Gasteiger charge is 2.25. The number of benzene rings is 1. The van der Waals surface area contributed by atoms with Crippen LogP contribution in [0.4, 0.5) is 11.4 Å². The third kappa shape index (κ3) is 3.52. The molecule has 138 valence electrons. The van der Waals surface area contributed by atoms with E-state index in [9.17, 15) is 4.21 Å². The fourth-order valence-corrected chi connectivity index (χ4v) is 3.52. The molecule has 11 heteroatoms. The quantitative estimate of drug-likeness (QED) is 0.621. The minimum atomic E-state index is -1.74. The molecule has 0 saturated carbocycles. The number of azo groups is 1. The summed E-state index contributed by atoms with van der Waals surface area (Å²) in [6, 6.07) is 2.90. The Kier molecular flexibility index (Phi) is 4.91. The van der Waals surface area contributed by atoms with Crippen molar-refractivity contribution in [3.05, 3.63) is 33.7 Å². The zero-order chi connectivity index (χ0) is 19.2. The number of fused-ring (bicyclic) bond motifs is 1. The monoisotopic (exact) mass is 413 g/mol. The van der Waals surface area contributed by atoms with Gasteiger partial charge in [0.25, 0.3) is 0 Å². The second kappa shape index (κ2) is 6.73. The zero-order valence-corrected chi connectivity index (χ0v) is 16.9. The van der Waals surface area contributed by atoms with Crippen molar-refractivity contribution in [2.45, 2.75) is 38.0 Å². The Balaban J connectivity index is 2.11. The first-order chi connectivity index (χ1) is 12.1. The molecule has 3 rings (SSSR count). The first kappa shape index (κ1) is 19.0. The number of aromatic nitrogens is 4. The van der Waals surface area contributed by atoms with Gasteiger partial charge in [-0.2, -0.15) is 4.63 Å². The topological polar surface area (TPSA) is 114 Å². The molecule has 3 N–H and O–H groups in total. The van der Waals surface area contributed by atoms with E-state index in [1.165, 1.54) is 12.1 Å².